The Morgan fingerprint density at radius 3 is 1.86 bits per heavy atom. The number of anilines is 3. The van der Waals surface area contributed by atoms with E-state index < -0.39 is 0 Å². The molecule has 0 bridgehead atoms. The van der Waals surface area contributed by atoms with Crippen molar-refractivity contribution in [3.63, 3.8) is 0 Å². The van der Waals surface area contributed by atoms with Gasteiger partial charge in [-0.05, 0) is 72.8 Å². The van der Waals surface area contributed by atoms with Crippen LogP contribution < -0.4 is 4.90 Å². The van der Waals surface area contributed by atoms with Crippen molar-refractivity contribution >= 4 is 114 Å². The third kappa shape index (κ3) is 4.77. The molecule has 0 aliphatic heterocycles. The van der Waals surface area contributed by atoms with Crippen molar-refractivity contribution in [1.29, 1.82) is 0 Å². The predicted molar refractivity (Wildman–Crippen MR) is 248 cm³/mol. The van der Waals surface area contributed by atoms with Gasteiger partial charge in [0, 0.05) is 98.5 Å². The molecule has 276 valence electrons. The molecule has 13 aromatic rings. The van der Waals surface area contributed by atoms with E-state index in [0.717, 1.165) is 77.7 Å². The van der Waals surface area contributed by atoms with E-state index in [9.17, 15) is 0 Å². The lowest BCUT2D eigenvalue weighted by molar-refractivity contribution is 0.668. The zero-order valence-electron chi connectivity index (χ0n) is 31.6. The van der Waals surface area contributed by atoms with Crippen LogP contribution in [-0.2, 0) is 0 Å². The highest BCUT2D eigenvalue weighted by molar-refractivity contribution is 7.26. The molecule has 0 aliphatic carbocycles. The number of hydrogen-bond acceptors (Lipinski definition) is 4. The third-order valence-corrected chi connectivity index (χ3v) is 13.2. The molecule has 4 heterocycles. The van der Waals surface area contributed by atoms with Gasteiger partial charge in [0.15, 0.2) is 0 Å². The highest BCUT2D eigenvalue weighted by Crippen LogP contribution is 2.50. The topological polar surface area (TPSA) is 34.5 Å². The lowest BCUT2D eigenvalue weighted by Gasteiger charge is -2.25. The first-order valence-corrected chi connectivity index (χ1v) is 20.7. The summed E-state index contributed by atoms with van der Waals surface area (Å²) in [6.45, 7) is 0. The van der Waals surface area contributed by atoms with E-state index in [1.165, 1.54) is 42.1 Å². The van der Waals surface area contributed by atoms with Crippen LogP contribution >= 0.6 is 11.3 Å². The molecule has 0 amide bonds. The minimum atomic E-state index is 0.866. The molecule has 4 aromatic heterocycles. The first kappa shape index (κ1) is 32.5. The number of furan rings is 2. The largest absolute Gasteiger partial charge is 0.456 e. The molecule has 0 spiro atoms. The van der Waals surface area contributed by atoms with Crippen molar-refractivity contribution in [2.45, 2.75) is 0 Å². The zero-order chi connectivity index (χ0) is 38.6. The van der Waals surface area contributed by atoms with Crippen molar-refractivity contribution in [2.75, 3.05) is 4.90 Å². The van der Waals surface area contributed by atoms with Crippen molar-refractivity contribution in [3.05, 3.63) is 194 Å². The maximum atomic E-state index is 6.75. The van der Waals surface area contributed by atoms with Gasteiger partial charge in [-0.1, -0.05) is 109 Å². The second kappa shape index (κ2) is 12.4. The smallest absolute Gasteiger partial charge is 0.138 e. The van der Waals surface area contributed by atoms with Gasteiger partial charge in [0.2, 0.25) is 0 Å². The average Bonchev–Trinajstić information content (AvgIpc) is 4.05. The summed E-state index contributed by atoms with van der Waals surface area (Å²) in [7, 11) is 0. The number of nitrogens with zero attached hydrogens (tertiary/aromatic N) is 2. The monoisotopic (exact) mass is 772 g/mol. The van der Waals surface area contributed by atoms with Crippen LogP contribution in [0.1, 0.15) is 0 Å². The van der Waals surface area contributed by atoms with Gasteiger partial charge in [0.05, 0.1) is 11.0 Å². The second-order valence-corrected chi connectivity index (χ2v) is 16.3. The van der Waals surface area contributed by atoms with Crippen LogP contribution in [0.5, 0.6) is 0 Å². The molecule has 0 radical (unpaired) electrons. The van der Waals surface area contributed by atoms with Crippen LogP contribution in [0.15, 0.2) is 203 Å². The van der Waals surface area contributed by atoms with E-state index in [-0.39, 0.29) is 0 Å². The summed E-state index contributed by atoms with van der Waals surface area (Å²) in [5, 5.41) is 9.51. The molecule has 0 saturated heterocycles. The van der Waals surface area contributed by atoms with Gasteiger partial charge in [-0.3, -0.25) is 0 Å². The summed E-state index contributed by atoms with van der Waals surface area (Å²) >= 11 is 1.87. The fourth-order valence-corrected chi connectivity index (χ4v) is 10.7. The minimum Gasteiger partial charge on any atom is -0.456 e. The minimum absolute atomic E-state index is 0.866. The number of thiophene rings is 1. The summed E-state index contributed by atoms with van der Waals surface area (Å²) < 4.78 is 18.1. The van der Waals surface area contributed by atoms with E-state index in [0.29, 0.717) is 0 Å². The normalized spacial score (nSPS) is 12.1. The van der Waals surface area contributed by atoms with Gasteiger partial charge >= 0.3 is 0 Å². The molecule has 9 aromatic carbocycles. The van der Waals surface area contributed by atoms with E-state index in [1.54, 1.807) is 0 Å². The molecule has 0 aliphatic rings. The lowest BCUT2D eigenvalue weighted by atomic mass is 9.93. The quantitative estimate of drug-likeness (QED) is 0.175. The van der Waals surface area contributed by atoms with E-state index in [1.807, 2.05) is 23.5 Å². The molecular weight excluding hydrogens is 741 g/mol. The lowest BCUT2D eigenvalue weighted by Crippen LogP contribution is -2.09. The van der Waals surface area contributed by atoms with Crippen LogP contribution in [-0.4, -0.2) is 4.57 Å². The van der Waals surface area contributed by atoms with E-state index in [4.69, 9.17) is 8.83 Å². The number of para-hydroxylation sites is 4. The molecule has 13 rings (SSSR count). The molecule has 5 heteroatoms. The van der Waals surface area contributed by atoms with Gasteiger partial charge < -0.3 is 18.3 Å². The number of hydrogen-bond donors (Lipinski definition) is 0. The Morgan fingerprint density at radius 2 is 1.02 bits per heavy atom. The van der Waals surface area contributed by atoms with Gasteiger partial charge in [-0.15, -0.1) is 11.3 Å². The van der Waals surface area contributed by atoms with Gasteiger partial charge in [-0.25, -0.2) is 0 Å². The zero-order valence-corrected chi connectivity index (χ0v) is 32.4. The molecule has 59 heavy (non-hydrogen) atoms. The van der Waals surface area contributed by atoms with Crippen LogP contribution in [0, 0.1) is 0 Å². The number of aromatic nitrogens is 1. The Labute approximate surface area is 342 Å². The fourth-order valence-electron chi connectivity index (χ4n) is 9.45. The van der Waals surface area contributed by atoms with Gasteiger partial charge in [-0.2, -0.15) is 0 Å². The maximum absolute atomic E-state index is 6.75. The highest BCUT2D eigenvalue weighted by atomic mass is 32.1. The van der Waals surface area contributed by atoms with Crippen LogP contribution in [0.3, 0.4) is 0 Å². The van der Waals surface area contributed by atoms with Crippen molar-refractivity contribution in [1.82, 2.24) is 4.57 Å². The summed E-state index contributed by atoms with van der Waals surface area (Å²) in [6.07, 6.45) is 0. The summed E-state index contributed by atoms with van der Waals surface area (Å²) in [5.41, 5.74) is 12.4. The average molecular weight is 773 g/mol. The van der Waals surface area contributed by atoms with Crippen LogP contribution in [0.2, 0.25) is 0 Å². The molecule has 0 saturated carbocycles. The standard InChI is InChI=1S/C54H32N2O2S/c1-2-13-33(14-3-1)55(36-29-30-38-37-15-5-9-22-46(37)57-48(38)31-36)34-25-27-35(28-26-34)56-44-21-8-4-17-41(44)51-45(56)32-49-52(42-18-6-10-23-47(42)58-49)53(51)43-20-12-19-40-39-16-7-11-24-50(39)59-54(40)43/h1-32H. The maximum Gasteiger partial charge on any atom is 0.138 e. The van der Waals surface area contributed by atoms with Gasteiger partial charge in [0.1, 0.15) is 22.3 Å². The van der Waals surface area contributed by atoms with Crippen LogP contribution in [0.4, 0.5) is 17.1 Å². The second-order valence-electron chi connectivity index (χ2n) is 15.2. The predicted octanol–water partition coefficient (Wildman–Crippen LogP) is 16.1. The van der Waals surface area contributed by atoms with Crippen molar-refractivity contribution in [3.8, 4) is 16.8 Å². The summed E-state index contributed by atoms with van der Waals surface area (Å²) in [6, 6.07) is 69.3. The fraction of sp³-hybridized carbons (Fsp3) is 0. The summed E-state index contributed by atoms with van der Waals surface area (Å²) in [5.74, 6) is 0. The first-order valence-electron chi connectivity index (χ1n) is 19.9. The molecule has 0 fully saturated rings. The molecule has 0 N–H and O–H groups in total. The van der Waals surface area contributed by atoms with Gasteiger partial charge in [0.25, 0.3) is 0 Å². The van der Waals surface area contributed by atoms with E-state index in [2.05, 4.69) is 191 Å². The Hall–Kier alpha value is -7.60. The van der Waals surface area contributed by atoms with Crippen LogP contribution in [0.25, 0.3) is 103 Å². The Morgan fingerprint density at radius 1 is 0.390 bits per heavy atom. The molecule has 4 nitrogen and oxygen atoms in total. The summed E-state index contributed by atoms with van der Waals surface area (Å²) in [4.78, 5) is 2.30. The SMILES string of the molecule is c1ccc(N(c2ccc(-n3c4ccccc4c4c(-c5cccc6c5sc5ccccc56)c5c(cc43)oc3ccccc35)cc2)c2ccc3c(c2)oc2ccccc23)cc1. The first-order chi connectivity index (χ1) is 29.3. The van der Waals surface area contributed by atoms with E-state index >= 15 is 0 Å². The third-order valence-electron chi connectivity index (χ3n) is 12.0. The van der Waals surface area contributed by atoms with Crippen molar-refractivity contribution in [2.24, 2.45) is 0 Å². The Kier molecular flexibility index (Phi) is 6.85. The Balaban J connectivity index is 1.05. The Bertz CT molecular complexity index is 3790. The number of benzene rings is 9. The van der Waals surface area contributed by atoms with Crippen molar-refractivity contribution < 1.29 is 8.83 Å². The number of fused-ring (bicyclic) bond motifs is 12. The highest BCUT2D eigenvalue weighted by Gasteiger charge is 2.25. The molecule has 0 atom stereocenters. The molecular formula is C54H32N2O2S. The number of rotatable bonds is 5. The molecule has 0 unspecified atom stereocenters.